The maximum absolute atomic E-state index is 5.91. The van der Waals surface area contributed by atoms with Crippen LogP contribution in [0.15, 0.2) is 12.3 Å². The Balaban J connectivity index is 3.30. The van der Waals surface area contributed by atoms with Crippen LogP contribution in [0, 0.1) is 0 Å². The Bertz CT molecular complexity index is 354. The molecule has 0 aliphatic heterocycles. The van der Waals surface area contributed by atoms with Crippen LogP contribution in [0.5, 0.6) is 0 Å². The average Bonchev–Trinajstić information content (AvgIpc) is 2.00. The van der Waals surface area contributed by atoms with Gasteiger partial charge in [-0.3, -0.25) is 0 Å². The van der Waals surface area contributed by atoms with E-state index >= 15 is 0 Å². The summed E-state index contributed by atoms with van der Waals surface area (Å²) in [4.78, 5) is 4.29. The monoisotopic (exact) mass is 206 g/mol. The molecular weight excluding hydrogens is 184 g/mol. The minimum absolute atomic E-state index is 0.0539. The van der Waals surface area contributed by atoms with Gasteiger partial charge in [0.05, 0.1) is 0 Å². The van der Waals surface area contributed by atoms with Gasteiger partial charge in [0.25, 0.3) is 0 Å². The van der Waals surface area contributed by atoms with Crippen molar-refractivity contribution >= 4 is 5.82 Å². The van der Waals surface area contributed by atoms with Crippen LogP contribution in [0.3, 0.4) is 0 Å². The second-order valence-electron chi connectivity index (χ2n) is 6.16. The minimum Gasteiger partial charge on any atom is -0.383 e. The van der Waals surface area contributed by atoms with Crippen LogP contribution >= 0.6 is 0 Å². The Labute approximate surface area is 92.9 Å². The van der Waals surface area contributed by atoms with Crippen molar-refractivity contribution in [2.75, 3.05) is 5.73 Å². The van der Waals surface area contributed by atoms with Gasteiger partial charge in [0.2, 0.25) is 0 Å². The van der Waals surface area contributed by atoms with Crippen LogP contribution in [0.25, 0.3) is 0 Å². The SMILES string of the molecule is CC(C)(C)c1cnc(N)c(C(C)(C)C)c1. The molecule has 2 heteroatoms. The molecule has 1 rings (SSSR count). The fraction of sp³-hybridized carbons (Fsp3) is 0.615. The van der Waals surface area contributed by atoms with E-state index in [2.05, 4.69) is 52.6 Å². The van der Waals surface area contributed by atoms with Gasteiger partial charge in [0.15, 0.2) is 0 Å². The van der Waals surface area contributed by atoms with Crippen LogP contribution in [0.4, 0.5) is 5.82 Å². The van der Waals surface area contributed by atoms with E-state index in [0.29, 0.717) is 5.82 Å². The zero-order chi connectivity index (χ0) is 11.9. The number of anilines is 1. The predicted octanol–water partition coefficient (Wildman–Crippen LogP) is 3.26. The topological polar surface area (TPSA) is 38.9 Å². The van der Waals surface area contributed by atoms with Gasteiger partial charge >= 0.3 is 0 Å². The third kappa shape index (κ3) is 2.71. The molecule has 0 amide bonds. The zero-order valence-corrected chi connectivity index (χ0v) is 10.7. The summed E-state index contributed by atoms with van der Waals surface area (Å²) in [5.74, 6) is 0.649. The van der Waals surface area contributed by atoms with Crippen LogP contribution in [0.2, 0.25) is 0 Å². The van der Waals surface area contributed by atoms with Gasteiger partial charge in [0, 0.05) is 6.20 Å². The number of aromatic nitrogens is 1. The number of rotatable bonds is 0. The first-order chi connectivity index (χ1) is 6.62. The smallest absolute Gasteiger partial charge is 0.127 e. The lowest BCUT2D eigenvalue weighted by molar-refractivity contribution is 0.566. The fourth-order valence-corrected chi connectivity index (χ4v) is 1.49. The van der Waals surface area contributed by atoms with E-state index in [9.17, 15) is 0 Å². The number of nitrogen functional groups attached to an aromatic ring is 1. The minimum atomic E-state index is 0.0539. The largest absolute Gasteiger partial charge is 0.383 e. The van der Waals surface area contributed by atoms with Crippen molar-refractivity contribution in [3.8, 4) is 0 Å². The fourth-order valence-electron chi connectivity index (χ4n) is 1.49. The van der Waals surface area contributed by atoms with E-state index in [1.165, 1.54) is 5.56 Å². The second-order valence-corrected chi connectivity index (χ2v) is 6.16. The lowest BCUT2D eigenvalue weighted by Crippen LogP contribution is -2.19. The molecule has 1 aromatic rings. The highest BCUT2D eigenvalue weighted by Gasteiger charge is 2.21. The average molecular weight is 206 g/mol. The first-order valence-electron chi connectivity index (χ1n) is 5.39. The van der Waals surface area contributed by atoms with Gasteiger partial charge in [-0.15, -0.1) is 0 Å². The van der Waals surface area contributed by atoms with Crippen molar-refractivity contribution < 1.29 is 0 Å². The molecular formula is C13H22N2. The Kier molecular flexibility index (Phi) is 2.81. The van der Waals surface area contributed by atoms with Crippen LogP contribution in [-0.2, 0) is 10.8 Å². The molecule has 0 atom stereocenters. The predicted molar refractivity (Wildman–Crippen MR) is 66.0 cm³/mol. The lowest BCUT2D eigenvalue weighted by atomic mass is 9.82. The van der Waals surface area contributed by atoms with Crippen LogP contribution in [-0.4, -0.2) is 4.98 Å². The molecule has 1 aromatic heterocycles. The molecule has 0 bridgehead atoms. The summed E-state index contributed by atoms with van der Waals surface area (Å²) < 4.78 is 0. The third-order valence-electron chi connectivity index (χ3n) is 2.59. The highest BCUT2D eigenvalue weighted by atomic mass is 14.8. The Hall–Kier alpha value is -1.05. The van der Waals surface area contributed by atoms with Crippen molar-refractivity contribution in [1.29, 1.82) is 0 Å². The molecule has 15 heavy (non-hydrogen) atoms. The molecule has 0 unspecified atom stereocenters. The third-order valence-corrected chi connectivity index (χ3v) is 2.59. The molecule has 0 fully saturated rings. The van der Waals surface area contributed by atoms with E-state index in [4.69, 9.17) is 5.73 Å². The first-order valence-corrected chi connectivity index (χ1v) is 5.39. The summed E-state index contributed by atoms with van der Waals surface area (Å²) in [6, 6.07) is 2.18. The normalized spacial score (nSPS) is 12.9. The summed E-state index contributed by atoms with van der Waals surface area (Å²) in [6.45, 7) is 13.0. The quantitative estimate of drug-likeness (QED) is 0.707. The Morgan fingerprint density at radius 1 is 1.00 bits per heavy atom. The molecule has 0 aliphatic carbocycles. The zero-order valence-electron chi connectivity index (χ0n) is 10.7. The van der Waals surface area contributed by atoms with Crippen molar-refractivity contribution in [2.24, 2.45) is 0 Å². The van der Waals surface area contributed by atoms with Gasteiger partial charge in [0.1, 0.15) is 5.82 Å². The number of hydrogen-bond donors (Lipinski definition) is 1. The molecule has 84 valence electrons. The highest BCUT2D eigenvalue weighted by molar-refractivity contribution is 5.46. The summed E-state index contributed by atoms with van der Waals surface area (Å²) >= 11 is 0. The van der Waals surface area contributed by atoms with E-state index in [0.717, 1.165) is 5.56 Å². The highest BCUT2D eigenvalue weighted by Crippen LogP contribution is 2.30. The summed E-state index contributed by atoms with van der Waals surface area (Å²) in [5, 5.41) is 0. The summed E-state index contributed by atoms with van der Waals surface area (Å²) in [5.41, 5.74) is 8.46. The van der Waals surface area contributed by atoms with E-state index < -0.39 is 0 Å². The lowest BCUT2D eigenvalue weighted by Gasteiger charge is -2.25. The van der Waals surface area contributed by atoms with Crippen molar-refractivity contribution in [1.82, 2.24) is 4.98 Å². The Morgan fingerprint density at radius 3 is 1.93 bits per heavy atom. The maximum atomic E-state index is 5.91. The molecule has 2 nitrogen and oxygen atoms in total. The summed E-state index contributed by atoms with van der Waals surface area (Å²) in [7, 11) is 0. The van der Waals surface area contributed by atoms with Gasteiger partial charge in [-0.1, -0.05) is 41.5 Å². The molecule has 2 N–H and O–H groups in total. The molecule has 0 saturated carbocycles. The summed E-state index contributed by atoms with van der Waals surface area (Å²) in [6.07, 6.45) is 1.88. The van der Waals surface area contributed by atoms with Crippen LogP contribution in [0.1, 0.15) is 52.7 Å². The molecule has 0 radical (unpaired) electrons. The van der Waals surface area contributed by atoms with E-state index in [1.807, 2.05) is 6.20 Å². The second kappa shape index (κ2) is 3.51. The van der Waals surface area contributed by atoms with Gasteiger partial charge < -0.3 is 5.73 Å². The molecule has 0 aromatic carbocycles. The van der Waals surface area contributed by atoms with E-state index in [1.54, 1.807) is 0 Å². The van der Waals surface area contributed by atoms with Gasteiger partial charge in [-0.2, -0.15) is 0 Å². The molecule has 0 aliphatic rings. The number of nitrogens with zero attached hydrogens (tertiary/aromatic N) is 1. The van der Waals surface area contributed by atoms with Gasteiger partial charge in [-0.25, -0.2) is 4.98 Å². The first kappa shape index (κ1) is 12.0. The number of pyridine rings is 1. The maximum Gasteiger partial charge on any atom is 0.127 e. The number of nitrogens with two attached hydrogens (primary N) is 1. The van der Waals surface area contributed by atoms with E-state index in [-0.39, 0.29) is 10.8 Å². The standard InChI is InChI=1S/C13H22N2/c1-12(2,3)9-7-10(13(4,5)6)11(14)15-8-9/h7-8H,1-6H3,(H2,14,15). The Morgan fingerprint density at radius 2 is 1.53 bits per heavy atom. The van der Waals surface area contributed by atoms with Crippen LogP contribution < -0.4 is 5.73 Å². The molecule has 0 saturated heterocycles. The molecule has 0 spiro atoms. The van der Waals surface area contributed by atoms with Gasteiger partial charge in [-0.05, 0) is 28.0 Å². The van der Waals surface area contributed by atoms with Crippen molar-refractivity contribution in [3.63, 3.8) is 0 Å². The van der Waals surface area contributed by atoms with Crippen molar-refractivity contribution in [3.05, 3.63) is 23.4 Å². The van der Waals surface area contributed by atoms with Crippen molar-refractivity contribution in [2.45, 2.75) is 52.4 Å². The number of hydrogen-bond acceptors (Lipinski definition) is 2. The molecule has 1 heterocycles.